The summed E-state index contributed by atoms with van der Waals surface area (Å²) >= 11 is 1.13. The van der Waals surface area contributed by atoms with Crippen LogP contribution in [0.4, 0.5) is 10.8 Å². The number of carbonyl (C=O) groups excluding carboxylic acids is 1. The number of amides is 1. The molecule has 8 heteroatoms. The number of carboxylic acids is 1. The van der Waals surface area contributed by atoms with Crippen molar-refractivity contribution in [3.05, 3.63) is 34.8 Å². The van der Waals surface area contributed by atoms with Crippen LogP contribution >= 0.6 is 11.3 Å². The predicted octanol–water partition coefficient (Wildman–Crippen LogP) is 1.68. The number of ether oxygens (including phenoxy) is 1. The van der Waals surface area contributed by atoms with Gasteiger partial charge in [0.05, 0.1) is 18.4 Å². The summed E-state index contributed by atoms with van der Waals surface area (Å²) < 4.78 is 5.00. The normalized spacial score (nSPS) is 10.1. The van der Waals surface area contributed by atoms with E-state index in [1.165, 1.54) is 30.7 Å². The second-order valence-corrected chi connectivity index (χ2v) is 4.63. The molecule has 1 amide bonds. The van der Waals surface area contributed by atoms with Gasteiger partial charge in [-0.2, -0.15) is 0 Å². The number of thiazole rings is 1. The van der Waals surface area contributed by atoms with E-state index in [0.717, 1.165) is 11.3 Å². The van der Waals surface area contributed by atoms with Gasteiger partial charge in [-0.25, -0.2) is 9.78 Å². The Morgan fingerprint density at radius 3 is 2.75 bits per heavy atom. The average molecular weight is 293 g/mol. The van der Waals surface area contributed by atoms with Crippen LogP contribution in [-0.2, 0) is 0 Å². The largest absolute Gasteiger partial charge is 0.497 e. The zero-order chi connectivity index (χ0) is 14.7. The maximum absolute atomic E-state index is 11.9. The van der Waals surface area contributed by atoms with E-state index in [0.29, 0.717) is 5.75 Å². The van der Waals surface area contributed by atoms with Gasteiger partial charge in [0.25, 0.3) is 5.91 Å². The summed E-state index contributed by atoms with van der Waals surface area (Å²) in [5.41, 5.74) is 5.67. The lowest BCUT2D eigenvalue weighted by Gasteiger charge is -2.09. The third-order valence-electron chi connectivity index (χ3n) is 2.46. The Morgan fingerprint density at radius 1 is 1.45 bits per heavy atom. The van der Waals surface area contributed by atoms with Crippen LogP contribution < -0.4 is 15.8 Å². The Kier molecular flexibility index (Phi) is 3.85. The number of aromatic carboxylic acids is 1. The maximum Gasteiger partial charge on any atom is 0.337 e. The molecule has 0 spiro atoms. The minimum absolute atomic E-state index is 0.0395. The van der Waals surface area contributed by atoms with Gasteiger partial charge >= 0.3 is 5.97 Å². The molecule has 0 aliphatic rings. The molecule has 4 N–H and O–H groups in total. The Hall–Kier alpha value is -2.61. The van der Waals surface area contributed by atoms with Gasteiger partial charge in [0.2, 0.25) is 0 Å². The van der Waals surface area contributed by atoms with Gasteiger partial charge < -0.3 is 20.9 Å². The van der Waals surface area contributed by atoms with Crippen LogP contribution in [0.1, 0.15) is 20.8 Å². The monoisotopic (exact) mass is 293 g/mol. The minimum atomic E-state index is -1.15. The number of hydrogen-bond acceptors (Lipinski definition) is 6. The lowest BCUT2D eigenvalue weighted by Crippen LogP contribution is -2.15. The van der Waals surface area contributed by atoms with Crippen LogP contribution in [0.2, 0.25) is 0 Å². The average Bonchev–Trinajstić information content (AvgIpc) is 2.85. The number of carboxylic acid groups (broad SMARTS) is 1. The maximum atomic E-state index is 11.9. The molecular formula is C12H11N3O4S. The van der Waals surface area contributed by atoms with Crippen molar-refractivity contribution in [2.45, 2.75) is 0 Å². The van der Waals surface area contributed by atoms with Crippen molar-refractivity contribution >= 4 is 34.0 Å². The van der Waals surface area contributed by atoms with E-state index < -0.39 is 11.9 Å². The lowest BCUT2D eigenvalue weighted by atomic mass is 10.1. The van der Waals surface area contributed by atoms with Gasteiger partial charge in [-0.15, -0.1) is 11.3 Å². The van der Waals surface area contributed by atoms with Crippen molar-refractivity contribution < 1.29 is 19.4 Å². The van der Waals surface area contributed by atoms with Crippen molar-refractivity contribution in [2.24, 2.45) is 0 Å². The van der Waals surface area contributed by atoms with Crippen molar-refractivity contribution in [3.8, 4) is 5.75 Å². The van der Waals surface area contributed by atoms with E-state index in [-0.39, 0.29) is 22.1 Å². The first-order chi connectivity index (χ1) is 9.51. The first kappa shape index (κ1) is 13.8. The van der Waals surface area contributed by atoms with Gasteiger partial charge in [-0.1, -0.05) is 0 Å². The molecule has 0 bridgehead atoms. The standard InChI is InChI=1S/C12H11N3O4S/c1-19-6-2-3-7(11(17)18)8(4-6)14-10(16)9-5-20-12(13)15-9/h2-5H,1H3,(H2,13,15)(H,14,16)(H,17,18). The summed E-state index contributed by atoms with van der Waals surface area (Å²) in [4.78, 5) is 26.9. The number of nitrogens with two attached hydrogens (primary N) is 1. The minimum Gasteiger partial charge on any atom is -0.497 e. The summed E-state index contributed by atoms with van der Waals surface area (Å²) in [7, 11) is 1.45. The van der Waals surface area contributed by atoms with E-state index in [4.69, 9.17) is 15.6 Å². The van der Waals surface area contributed by atoms with Crippen molar-refractivity contribution in [1.29, 1.82) is 0 Å². The molecule has 7 nitrogen and oxygen atoms in total. The molecule has 0 unspecified atom stereocenters. The number of methoxy groups -OCH3 is 1. The number of aromatic nitrogens is 1. The molecule has 1 aromatic heterocycles. The number of anilines is 2. The first-order valence-corrected chi connectivity index (χ1v) is 6.33. The fourth-order valence-electron chi connectivity index (χ4n) is 1.52. The predicted molar refractivity (Wildman–Crippen MR) is 74.4 cm³/mol. The van der Waals surface area contributed by atoms with Crippen LogP contribution in [0.15, 0.2) is 23.6 Å². The molecule has 2 rings (SSSR count). The van der Waals surface area contributed by atoms with E-state index in [9.17, 15) is 9.59 Å². The fourth-order valence-corrected chi connectivity index (χ4v) is 2.06. The third-order valence-corrected chi connectivity index (χ3v) is 3.13. The summed E-state index contributed by atoms with van der Waals surface area (Å²) in [6.45, 7) is 0. The third kappa shape index (κ3) is 2.86. The Morgan fingerprint density at radius 2 is 2.20 bits per heavy atom. The molecule has 0 saturated heterocycles. The summed E-state index contributed by atoms with van der Waals surface area (Å²) in [5, 5.41) is 13.3. The second-order valence-electron chi connectivity index (χ2n) is 3.74. The smallest absolute Gasteiger partial charge is 0.337 e. The highest BCUT2D eigenvalue weighted by molar-refractivity contribution is 7.13. The fraction of sp³-hybridized carbons (Fsp3) is 0.0833. The van der Waals surface area contributed by atoms with E-state index >= 15 is 0 Å². The number of nitrogens with zero attached hydrogens (tertiary/aromatic N) is 1. The van der Waals surface area contributed by atoms with Crippen molar-refractivity contribution in [1.82, 2.24) is 4.98 Å². The molecule has 0 saturated carbocycles. The van der Waals surface area contributed by atoms with Gasteiger partial charge in [0.1, 0.15) is 11.4 Å². The molecule has 1 aromatic carbocycles. The first-order valence-electron chi connectivity index (χ1n) is 5.45. The number of benzene rings is 1. The number of rotatable bonds is 4. The Labute approximate surface area is 118 Å². The van der Waals surface area contributed by atoms with Gasteiger partial charge in [-0.3, -0.25) is 4.79 Å². The molecule has 0 aliphatic carbocycles. The number of carbonyl (C=O) groups is 2. The highest BCUT2D eigenvalue weighted by Gasteiger charge is 2.16. The number of hydrogen-bond donors (Lipinski definition) is 3. The SMILES string of the molecule is COc1ccc(C(=O)O)c(NC(=O)c2csc(N)n2)c1. The number of nitrogens with one attached hydrogen (secondary N) is 1. The topological polar surface area (TPSA) is 115 Å². The van der Waals surface area contributed by atoms with E-state index in [2.05, 4.69) is 10.3 Å². The Balaban J connectivity index is 2.31. The summed E-state index contributed by atoms with van der Waals surface area (Å²) in [6.07, 6.45) is 0. The Bertz CT molecular complexity index is 668. The van der Waals surface area contributed by atoms with Gasteiger partial charge in [-0.05, 0) is 12.1 Å². The van der Waals surface area contributed by atoms with Crippen LogP contribution in [0.5, 0.6) is 5.75 Å². The van der Waals surface area contributed by atoms with Crippen LogP contribution in [-0.4, -0.2) is 29.1 Å². The molecule has 104 valence electrons. The van der Waals surface area contributed by atoms with Crippen LogP contribution in [0.25, 0.3) is 0 Å². The van der Waals surface area contributed by atoms with Crippen LogP contribution in [0.3, 0.4) is 0 Å². The van der Waals surface area contributed by atoms with E-state index in [1.54, 1.807) is 0 Å². The second kappa shape index (κ2) is 5.57. The molecule has 0 aliphatic heterocycles. The molecule has 20 heavy (non-hydrogen) atoms. The zero-order valence-electron chi connectivity index (χ0n) is 10.4. The van der Waals surface area contributed by atoms with Gasteiger partial charge in [0, 0.05) is 11.4 Å². The quantitative estimate of drug-likeness (QED) is 0.790. The molecular weight excluding hydrogens is 282 g/mol. The highest BCUT2D eigenvalue weighted by Crippen LogP contribution is 2.23. The molecule has 1 heterocycles. The summed E-state index contributed by atoms with van der Waals surface area (Å²) in [5.74, 6) is -1.25. The van der Waals surface area contributed by atoms with E-state index in [1.807, 2.05) is 0 Å². The van der Waals surface area contributed by atoms with Gasteiger partial charge in [0.15, 0.2) is 5.13 Å². The zero-order valence-corrected chi connectivity index (χ0v) is 11.2. The van der Waals surface area contributed by atoms with Crippen molar-refractivity contribution in [2.75, 3.05) is 18.2 Å². The molecule has 0 atom stereocenters. The van der Waals surface area contributed by atoms with Crippen molar-refractivity contribution in [3.63, 3.8) is 0 Å². The summed E-state index contributed by atoms with van der Waals surface area (Å²) in [6, 6.07) is 4.28. The molecule has 0 fully saturated rings. The molecule has 0 radical (unpaired) electrons. The highest BCUT2D eigenvalue weighted by atomic mass is 32.1. The number of nitrogen functional groups attached to an aromatic ring is 1. The lowest BCUT2D eigenvalue weighted by molar-refractivity contribution is 0.0698. The van der Waals surface area contributed by atoms with Crippen LogP contribution in [0, 0.1) is 0 Å². The molecule has 2 aromatic rings.